The third-order valence-electron chi connectivity index (χ3n) is 3.68. The maximum Gasteiger partial charge on any atom is 0.274 e. The first-order valence-corrected chi connectivity index (χ1v) is 7.55. The molecule has 1 aromatic carbocycles. The number of nitrogen functional groups attached to an aromatic ring is 1. The highest BCUT2D eigenvalue weighted by atomic mass is 16.3. The molecule has 8 heteroatoms. The van der Waals surface area contributed by atoms with Crippen molar-refractivity contribution in [3.8, 4) is 6.07 Å². The summed E-state index contributed by atoms with van der Waals surface area (Å²) in [5, 5.41) is 19.8. The van der Waals surface area contributed by atoms with Crippen LogP contribution in [0, 0.1) is 23.7 Å². The molecule has 4 N–H and O–H groups in total. The Labute approximate surface area is 148 Å². The van der Waals surface area contributed by atoms with Crippen molar-refractivity contribution in [2.45, 2.75) is 6.92 Å². The number of amides is 1. The average Bonchev–Trinajstić information content (AvgIpc) is 3.17. The molecule has 1 amide bonds. The van der Waals surface area contributed by atoms with Gasteiger partial charge in [-0.2, -0.15) is 5.26 Å². The van der Waals surface area contributed by atoms with Gasteiger partial charge in [-0.3, -0.25) is 10.2 Å². The Morgan fingerprint density at radius 1 is 1.35 bits per heavy atom. The van der Waals surface area contributed by atoms with Crippen molar-refractivity contribution >= 4 is 23.0 Å². The lowest BCUT2D eigenvalue weighted by Crippen LogP contribution is -2.16. The van der Waals surface area contributed by atoms with Crippen LogP contribution in [0.15, 0.2) is 47.5 Å². The summed E-state index contributed by atoms with van der Waals surface area (Å²) in [7, 11) is 0. The highest BCUT2D eigenvalue weighted by Gasteiger charge is 2.15. The Bertz CT molecular complexity index is 1030. The Morgan fingerprint density at radius 2 is 2.15 bits per heavy atom. The van der Waals surface area contributed by atoms with Crippen LogP contribution in [0.5, 0.6) is 0 Å². The molecule has 0 unspecified atom stereocenters. The highest BCUT2D eigenvalue weighted by Crippen LogP contribution is 2.22. The Hall–Kier alpha value is -3.99. The number of carbonyl (C=O) groups excluding carboxylic acids is 1. The molecule has 3 rings (SSSR count). The number of rotatable bonds is 4. The molecule has 0 saturated heterocycles. The Balaban J connectivity index is 1.87. The standard InChI is InChI=1S/C18H14N6O2/c1-10-4-11(6-19)7-23-17(10)18(25)24-12-2-3-14(20)13(5-12)16(21)15-8-22-9-26-15/h2-5,7-9,21H,20H2,1H3,(H,24,25). The summed E-state index contributed by atoms with van der Waals surface area (Å²) in [6, 6.07) is 8.37. The quantitative estimate of drug-likeness (QED) is 0.489. The van der Waals surface area contributed by atoms with Crippen LogP contribution in [0.4, 0.5) is 11.4 Å². The van der Waals surface area contributed by atoms with Crippen molar-refractivity contribution in [1.29, 1.82) is 10.7 Å². The smallest absolute Gasteiger partial charge is 0.274 e. The molecule has 2 heterocycles. The lowest BCUT2D eigenvalue weighted by atomic mass is 10.1. The number of nitriles is 1. The van der Waals surface area contributed by atoms with Crippen LogP contribution in [0.25, 0.3) is 0 Å². The van der Waals surface area contributed by atoms with Gasteiger partial charge in [0.15, 0.2) is 12.2 Å². The lowest BCUT2D eigenvalue weighted by molar-refractivity contribution is 0.102. The number of hydrogen-bond donors (Lipinski definition) is 3. The molecule has 8 nitrogen and oxygen atoms in total. The van der Waals surface area contributed by atoms with Crippen LogP contribution in [0.2, 0.25) is 0 Å². The summed E-state index contributed by atoms with van der Waals surface area (Å²) in [5.41, 5.74) is 8.42. The van der Waals surface area contributed by atoms with Gasteiger partial charge in [-0.05, 0) is 36.8 Å². The largest absolute Gasteiger partial charge is 0.442 e. The number of nitrogens with one attached hydrogen (secondary N) is 2. The molecule has 0 fully saturated rings. The van der Waals surface area contributed by atoms with E-state index >= 15 is 0 Å². The minimum absolute atomic E-state index is 0.0591. The van der Waals surface area contributed by atoms with Gasteiger partial charge in [0.25, 0.3) is 5.91 Å². The van der Waals surface area contributed by atoms with E-state index in [-0.39, 0.29) is 17.2 Å². The fraction of sp³-hybridized carbons (Fsp3) is 0.0556. The van der Waals surface area contributed by atoms with E-state index in [2.05, 4.69) is 15.3 Å². The second kappa shape index (κ2) is 6.86. The van der Waals surface area contributed by atoms with Crippen LogP contribution in [0.1, 0.15) is 32.9 Å². The fourth-order valence-electron chi connectivity index (χ4n) is 2.39. The first-order valence-electron chi connectivity index (χ1n) is 7.55. The van der Waals surface area contributed by atoms with Crippen molar-refractivity contribution < 1.29 is 9.21 Å². The number of hydrogen-bond acceptors (Lipinski definition) is 7. The molecule has 0 radical (unpaired) electrons. The molecule has 0 spiro atoms. The van der Waals surface area contributed by atoms with E-state index in [1.165, 1.54) is 18.8 Å². The number of aryl methyl sites for hydroxylation is 1. The predicted octanol–water partition coefficient (Wildman–Crippen LogP) is 2.50. The number of aromatic nitrogens is 2. The SMILES string of the molecule is Cc1cc(C#N)cnc1C(=O)Nc1ccc(N)c(C(=N)c2cnco2)c1. The predicted molar refractivity (Wildman–Crippen MR) is 94.9 cm³/mol. The topological polar surface area (TPSA) is 142 Å². The van der Waals surface area contributed by atoms with E-state index in [1.54, 1.807) is 31.2 Å². The molecule has 0 atom stereocenters. The zero-order chi connectivity index (χ0) is 18.7. The summed E-state index contributed by atoms with van der Waals surface area (Å²) >= 11 is 0. The first-order chi connectivity index (χ1) is 12.5. The van der Waals surface area contributed by atoms with Gasteiger partial charge >= 0.3 is 0 Å². The molecule has 0 bridgehead atoms. The summed E-state index contributed by atoms with van der Waals surface area (Å²) in [6.07, 6.45) is 3.98. The normalized spacial score (nSPS) is 10.2. The van der Waals surface area contributed by atoms with Crippen molar-refractivity contribution in [2.75, 3.05) is 11.1 Å². The van der Waals surface area contributed by atoms with Crippen molar-refractivity contribution in [1.82, 2.24) is 9.97 Å². The number of oxazole rings is 1. The third kappa shape index (κ3) is 3.27. The van der Waals surface area contributed by atoms with E-state index < -0.39 is 5.91 Å². The van der Waals surface area contributed by atoms with Gasteiger partial charge in [0.05, 0.1) is 11.8 Å². The molecular formula is C18H14N6O2. The zero-order valence-corrected chi connectivity index (χ0v) is 13.8. The highest BCUT2D eigenvalue weighted by molar-refractivity contribution is 6.13. The van der Waals surface area contributed by atoms with E-state index in [9.17, 15) is 4.79 Å². The number of pyridine rings is 1. The van der Waals surface area contributed by atoms with Crippen LogP contribution < -0.4 is 11.1 Å². The van der Waals surface area contributed by atoms with Gasteiger partial charge in [-0.25, -0.2) is 9.97 Å². The van der Waals surface area contributed by atoms with Crippen molar-refractivity contribution in [2.24, 2.45) is 0 Å². The number of nitrogens with zero attached hydrogens (tertiary/aromatic N) is 3. The van der Waals surface area contributed by atoms with E-state index in [1.807, 2.05) is 6.07 Å². The summed E-state index contributed by atoms with van der Waals surface area (Å²) in [6.45, 7) is 1.71. The minimum atomic E-state index is -0.422. The number of benzene rings is 1. The average molecular weight is 346 g/mol. The molecule has 0 aliphatic rings. The zero-order valence-electron chi connectivity index (χ0n) is 13.8. The Morgan fingerprint density at radius 3 is 2.81 bits per heavy atom. The van der Waals surface area contributed by atoms with Crippen LogP contribution in [0.3, 0.4) is 0 Å². The molecule has 3 aromatic rings. The van der Waals surface area contributed by atoms with E-state index in [0.29, 0.717) is 28.1 Å². The maximum absolute atomic E-state index is 12.5. The molecule has 0 aliphatic carbocycles. The number of anilines is 2. The number of carbonyl (C=O) groups is 1. The first kappa shape index (κ1) is 16.9. The second-order valence-corrected chi connectivity index (χ2v) is 5.50. The monoisotopic (exact) mass is 346 g/mol. The second-order valence-electron chi connectivity index (χ2n) is 5.50. The summed E-state index contributed by atoms with van der Waals surface area (Å²) < 4.78 is 5.12. The van der Waals surface area contributed by atoms with Crippen LogP contribution >= 0.6 is 0 Å². The van der Waals surface area contributed by atoms with Gasteiger partial charge in [0.2, 0.25) is 0 Å². The maximum atomic E-state index is 12.5. The van der Waals surface area contributed by atoms with E-state index in [0.717, 1.165) is 0 Å². The van der Waals surface area contributed by atoms with Gasteiger partial charge < -0.3 is 15.5 Å². The molecule has 26 heavy (non-hydrogen) atoms. The fourth-order valence-corrected chi connectivity index (χ4v) is 2.39. The lowest BCUT2D eigenvalue weighted by Gasteiger charge is -2.10. The number of nitrogens with two attached hydrogens (primary N) is 1. The molecular weight excluding hydrogens is 332 g/mol. The summed E-state index contributed by atoms with van der Waals surface area (Å²) in [4.78, 5) is 20.3. The summed E-state index contributed by atoms with van der Waals surface area (Å²) in [5.74, 6) is -0.154. The van der Waals surface area contributed by atoms with Gasteiger partial charge in [-0.15, -0.1) is 0 Å². The molecule has 128 valence electrons. The van der Waals surface area contributed by atoms with Gasteiger partial charge in [0, 0.05) is 23.1 Å². The molecule has 2 aromatic heterocycles. The molecule has 0 saturated carbocycles. The van der Waals surface area contributed by atoms with Crippen LogP contribution in [-0.2, 0) is 0 Å². The van der Waals surface area contributed by atoms with Gasteiger partial charge in [-0.1, -0.05) is 0 Å². The van der Waals surface area contributed by atoms with E-state index in [4.69, 9.17) is 20.8 Å². The van der Waals surface area contributed by atoms with Crippen molar-refractivity contribution in [3.05, 3.63) is 71.2 Å². The Kier molecular flexibility index (Phi) is 4.45. The third-order valence-corrected chi connectivity index (χ3v) is 3.68. The van der Waals surface area contributed by atoms with Crippen LogP contribution in [-0.4, -0.2) is 21.6 Å². The minimum Gasteiger partial charge on any atom is -0.442 e. The van der Waals surface area contributed by atoms with Gasteiger partial charge in [0.1, 0.15) is 17.5 Å². The van der Waals surface area contributed by atoms with Crippen molar-refractivity contribution in [3.63, 3.8) is 0 Å². The molecule has 0 aliphatic heterocycles.